The van der Waals surface area contributed by atoms with Crippen molar-refractivity contribution >= 4 is 39.1 Å². The summed E-state index contributed by atoms with van der Waals surface area (Å²) in [5.74, 6) is 0.289. The van der Waals surface area contributed by atoms with Gasteiger partial charge in [-0.1, -0.05) is 0 Å². The molecule has 1 N–H and O–H groups in total. The van der Waals surface area contributed by atoms with Crippen LogP contribution in [0.1, 0.15) is 6.92 Å². The normalized spacial score (nSPS) is 16.3. The Kier molecular flexibility index (Phi) is 5.02. The molecular formula is C22H17N3O8. The third-order valence-corrected chi connectivity index (χ3v) is 5.27. The van der Waals surface area contributed by atoms with E-state index in [1.54, 1.807) is 0 Å². The Morgan fingerprint density at radius 1 is 0.818 bits per heavy atom. The second-order valence-corrected chi connectivity index (χ2v) is 7.48. The van der Waals surface area contributed by atoms with Crippen LogP contribution in [0.25, 0.3) is 33.2 Å². The highest BCUT2D eigenvalue weighted by Gasteiger charge is 2.26. The zero-order valence-corrected chi connectivity index (χ0v) is 17.3. The summed E-state index contributed by atoms with van der Waals surface area (Å²) in [7, 11) is 0. The summed E-state index contributed by atoms with van der Waals surface area (Å²) in [5, 5.41) is 3.31. The van der Waals surface area contributed by atoms with E-state index in [4.69, 9.17) is 17.7 Å². The van der Waals surface area contributed by atoms with Crippen molar-refractivity contribution in [1.29, 1.82) is 0 Å². The molecule has 0 saturated carbocycles. The van der Waals surface area contributed by atoms with Gasteiger partial charge in [-0.15, -0.1) is 0 Å². The third kappa shape index (κ3) is 3.78. The van der Waals surface area contributed by atoms with Crippen LogP contribution in [-0.2, 0) is 0 Å². The van der Waals surface area contributed by atoms with Gasteiger partial charge in [0, 0.05) is 49.9 Å². The predicted octanol–water partition coefficient (Wildman–Crippen LogP) is 1.28. The Morgan fingerprint density at radius 3 is 2.09 bits per heavy atom. The van der Waals surface area contributed by atoms with Crippen molar-refractivity contribution in [2.75, 3.05) is 24.5 Å². The zero-order valence-electron chi connectivity index (χ0n) is 17.3. The minimum Gasteiger partial charge on any atom is -0.419 e. The van der Waals surface area contributed by atoms with Crippen LogP contribution in [0.3, 0.4) is 0 Å². The van der Waals surface area contributed by atoms with Crippen LogP contribution in [0.2, 0.25) is 0 Å². The number of hydrogen-bond donors (Lipinski definition) is 1. The van der Waals surface area contributed by atoms with Gasteiger partial charge in [0.2, 0.25) is 5.58 Å². The average molecular weight is 451 g/mol. The SMILES string of the molecule is CC1CNCCN1c1nc2ccc3oc(=O)ccc(=O)oc3c2c2oc(=O)ccc(=O)oc12. The maximum absolute atomic E-state index is 12.4. The van der Waals surface area contributed by atoms with Gasteiger partial charge in [-0.25, -0.2) is 24.2 Å². The van der Waals surface area contributed by atoms with Crippen LogP contribution in [-0.4, -0.2) is 30.7 Å². The first kappa shape index (κ1) is 20.6. The third-order valence-electron chi connectivity index (χ3n) is 5.27. The molecule has 1 atom stereocenters. The molecular weight excluding hydrogens is 434 g/mol. The highest BCUT2D eigenvalue weighted by molar-refractivity contribution is 6.14. The lowest BCUT2D eigenvalue weighted by molar-refractivity contribution is 0.487. The molecule has 0 radical (unpaired) electrons. The van der Waals surface area contributed by atoms with E-state index < -0.39 is 22.5 Å². The van der Waals surface area contributed by atoms with Crippen LogP contribution < -0.4 is 32.7 Å². The van der Waals surface area contributed by atoms with Crippen LogP contribution in [0.5, 0.6) is 0 Å². The molecule has 0 aliphatic carbocycles. The molecule has 1 aliphatic heterocycles. The maximum Gasteiger partial charge on any atom is 0.336 e. The molecule has 5 rings (SSSR count). The highest BCUT2D eigenvalue weighted by atomic mass is 16.4. The van der Waals surface area contributed by atoms with Gasteiger partial charge >= 0.3 is 22.5 Å². The smallest absolute Gasteiger partial charge is 0.336 e. The largest absolute Gasteiger partial charge is 0.419 e. The Balaban J connectivity index is 2.07. The molecule has 11 nitrogen and oxygen atoms in total. The van der Waals surface area contributed by atoms with Gasteiger partial charge in [0.1, 0.15) is 0 Å². The van der Waals surface area contributed by atoms with E-state index in [0.717, 1.165) is 24.3 Å². The number of aromatic nitrogens is 1. The van der Waals surface area contributed by atoms with Gasteiger partial charge < -0.3 is 27.9 Å². The van der Waals surface area contributed by atoms with E-state index in [0.29, 0.717) is 19.6 Å². The lowest BCUT2D eigenvalue weighted by atomic mass is 10.1. The summed E-state index contributed by atoms with van der Waals surface area (Å²) in [5.41, 5.74) is -3.56. The summed E-state index contributed by atoms with van der Waals surface area (Å²) >= 11 is 0. The van der Waals surface area contributed by atoms with Crippen LogP contribution >= 0.6 is 0 Å². The summed E-state index contributed by atoms with van der Waals surface area (Å²) in [6, 6.07) is 6.64. The monoisotopic (exact) mass is 451 g/mol. The second kappa shape index (κ2) is 8.02. The number of rotatable bonds is 1. The minimum atomic E-state index is -0.844. The molecule has 1 unspecified atom stereocenters. The summed E-state index contributed by atoms with van der Waals surface area (Å²) in [6.45, 7) is 3.84. The molecule has 0 spiro atoms. The number of benzene rings is 1. The molecule has 4 aromatic rings. The number of anilines is 1. The number of fused-ring (bicyclic) bond motifs is 5. The van der Waals surface area contributed by atoms with Gasteiger partial charge in [-0.05, 0) is 19.1 Å². The fraction of sp³-hybridized carbons (Fsp3) is 0.227. The van der Waals surface area contributed by atoms with Gasteiger partial charge in [0.15, 0.2) is 22.6 Å². The molecule has 168 valence electrons. The molecule has 0 amide bonds. The van der Waals surface area contributed by atoms with Crippen LogP contribution in [0.4, 0.5) is 5.82 Å². The quantitative estimate of drug-likeness (QED) is 0.446. The van der Waals surface area contributed by atoms with Crippen molar-refractivity contribution in [3.63, 3.8) is 0 Å². The number of pyridine rings is 1. The molecule has 4 heterocycles. The van der Waals surface area contributed by atoms with E-state index in [9.17, 15) is 19.2 Å². The Hall–Kier alpha value is -4.25. The van der Waals surface area contributed by atoms with E-state index in [-0.39, 0.29) is 45.1 Å². The first-order valence-corrected chi connectivity index (χ1v) is 10.1. The van der Waals surface area contributed by atoms with Crippen LogP contribution in [0, 0.1) is 0 Å². The zero-order chi connectivity index (χ0) is 23.1. The molecule has 1 aliphatic rings. The van der Waals surface area contributed by atoms with Crippen LogP contribution in [0.15, 0.2) is 73.2 Å². The van der Waals surface area contributed by atoms with Crippen molar-refractivity contribution in [3.05, 3.63) is 78.1 Å². The van der Waals surface area contributed by atoms with Crippen molar-refractivity contribution in [2.45, 2.75) is 13.0 Å². The topological polar surface area (TPSA) is 149 Å². The Bertz CT molecular complexity index is 1700. The lowest BCUT2D eigenvalue weighted by Crippen LogP contribution is -2.50. The van der Waals surface area contributed by atoms with Gasteiger partial charge in [0.25, 0.3) is 0 Å². The molecule has 1 fully saturated rings. The first-order chi connectivity index (χ1) is 15.9. The molecule has 33 heavy (non-hydrogen) atoms. The highest BCUT2D eigenvalue weighted by Crippen LogP contribution is 2.34. The average Bonchev–Trinajstić information content (AvgIpc) is 2.77. The van der Waals surface area contributed by atoms with E-state index in [1.807, 2.05) is 11.8 Å². The van der Waals surface area contributed by atoms with Crippen molar-refractivity contribution < 1.29 is 17.7 Å². The van der Waals surface area contributed by atoms with Crippen molar-refractivity contribution in [1.82, 2.24) is 10.3 Å². The maximum atomic E-state index is 12.4. The molecule has 1 saturated heterocycles. The number of nitrogens with zero attached hydrogens (tertiary/aromatic N) is 2. The number of nitrogens with one attached hydrogen (secondary N) is 1. The Labute approximate surface area is 183 Å². The fourth-order valence-electron chi connectivity index (χ4n) is 3.79. The minimum absolute atomic E-state index is 0.0172. The summed E-state index contributed by atoms with van der Waals surface area (Å²) in [4.78, 5) is 55.5. The molecule has 11 heteroatoms. The van der Waals surface area contributed by atoms with E-state index >= 15 is 0 Å². The van der Waals surface area contributed by atoms with Gasteiger partial charge in [-0.2, -0.15) is 0 Å². The molecule has 1 aromatic carbocycles. The van der Waals surface area contributed by atoms with Gasteiger partial charge in [-0.3, -0.25) is 0 Å². The standard InChI is InChI=1S/C22H17N3O8/c1-11-10-23-8-9-25(11)22-21-20(32-16(28)6-7-17(29)33-21)18-12(24-22)2-3-13-19(18)31-15(27)5-4-14(26)30-13/h2-7,11,23H,8-10H2,1H3. The molecule has 3 aromatic heterocycles. The predicted molar refractivity (Wildman–Crippen MR) is 118 cm³/mol. The number of piperazine rings is 1. The number of hydrogen-bond acceptors (Lipinski definition) is 11. The van der Waals surface area contributed by atoms with E-state index in [2.05, 4.69) is 10.3 Å². The summed E-state index contributed by atoms with van der Waals surface area (Å²) in [6.07, 6.45) is 0. The lowest BCUT2D eigenvalue weighted by Gasteiger charge is -2.34. The molecule has 0 bridgehead atoms. The van der Waals surface area contributed by atoms with Gasteiger partial charge in [0.05, 0.1) is 10.9 Å². The fourth-order valence-corrected chi connectivity index (χ4v) is 3.79. The van der Waals surface area contributed by atoms with Crippen molar-refractivity contribution in [2.24, 2.45) is 0 Å². The first-order valence-electron chi connectivity index (χ1n) is 10.1. The van der Waals surface area contributed by atoms with E-state index in [1.165, 1.54) is 12.1 Å². The Morgan fingerprint density at radius 2 is 1.42 bits per heavy atom. The summed E-state index contributed by atoms with van der Waals surface area (Å²) < 4.78 is 21.7. The second-order valence-electron chi connectivity index (χ2n) is 7.48. The van der Waals surface area contributed by atoms with Crippen molar-refractivity contribution in [3.8, 4) is 0 Å².